The van der Waals surface area contributed by atoms with E-state index < -0.39 is 15.8 Å². The number of hydrogen-bond acceptors (Lipinski definition) is 6. The summed E-state index contributed by atoms with van der Waals surface area (Å²) < 4.78 is 50.6. The van der Waals surface area contributed by atoms with E-state index >= 15 is 0 Å². The van der Waals surface area contributed by atoms with E-state index in [0.29, 0.717) is 5.82 Å². The summed E-state index contributed by atoms with van der Waals surface area (Å²) in [6.07, 6.45) is 0. The van der Waals surface area contributed by atoms with Gasteiger partial charge < -0.3 is 9.26 Å². The molecule has 0 aliphatic carbocycles. The highest BCUT2D eigenvalue weighted by molar-refractivity contribution is 7.89. The van der Waals surface area contributed by atoms with Crippen LogP contribution in [0.3, 0.4) is 0 Å². The van der Waals surface area contributed by atoms with Gasteiger partial charge in [0.2, 0.25) is 21.7 Å². The highest BCUT2D eigenvalue weighted by Crippen LogP contribution is 2.24. The topological polar surface area (TPSA) is 94.3 Å². The number of hydrogen-bond donors (Lipinski definition) is 1. The zero-order chi connectivity index (χ0) is 18.7. The number of ether oxygens (including phenoxy) is 1. The second kappa shape index (κ2) is 7.22. The number of aryl methyl sites for hydroxylation is 1. The predicted octanol–water partition coefficient (Wildman–Crippen LogP) is 2.67. The summed E-state index contributed by atoms with van der Waals surface area (Å²) >= 11 is 0. The lowest BCUT2D eigenvalue weighted by Gasteiger charge is -2.09. The van der Waals surface area contributed by atoms with Crippen molar-refractivity contribution in [3.63, 3.8) is 0 Å². The standard InChI is InChI=1S/C17H16FN3O4S/c1-11-4-3-5-12(8-11)17-20-16(25-21-17)10-19-26(22,23)15-9-13(18)6-7-14(15)24-2/h3-9,19H,10H2,1-2H3. The summed E-state index contributed by atoms with van der Waals surface area (Å²) in [5.74, 6) is -0.220. The number of methoxy groups -OCH3 is 1. The molecule has 0 saturated carbocycles. The normalized spacial score (nSPS) is 11.5. The fourth-order valence-electron chi connectivity index (χ4n) is 2.32. The molecule has 1 heterocycles. The number of halogens is 1. The number of sulfonamides is 1. The number of nitrogens with zero attached hydrogens (tertiary/aromatic N) is 2. The molecule has 1 N–H and O–H groups in total. The molecule has 26 heavy (non-hydrogen) atoms. The third kappa shape index (κ3) is 3.89. The minimum Gasteiger partial charge on any atom is -0.495 e. The molecule has 2 aromatic carbocycles. The third-order valence-corrected chi connectivity index (χ3v) is 5.00. The number of benzene rings is 2. The lowest BCUT2D eigenvalue weighted by Crippen LogP contribution is -2.24. The maximum absolute atomic E-state index is 13.4. The van der Waals surface area contributed by atoms with Crippen molar-refractivity contribution in [3.05, 3.63) is 59.7 Å². The van der Waals surface area contributed by atoms with Gasteiger partial charge in [-0.05, 0) is 31.2 Å². The Bertz CT molecular complexity index is 1030. The van der Waals surface area contributed by atoms with Crippen LogP contribution in [0.2, 0.25) is 0 Å². The number of aromatic nitrogens is 2. The fraction of sp³-hybridized carbons (Fsp3) is 0.176. The van der Waals surface area contributed by atoms with E-state index in [1.165, 1.54) is 13.2 Å². The highest BCUT2D eigenvalue weighted by Gasteiger charge is 2.21. The van der Waals surface area contributed by atoms with Gasteiger partial charge in [-0.15, -0.1) is 0 Å². The maximum Gasteiger partial charge on any atom is 0.244 e. The van der Waals surface area contributed by atoms with Gasteiger partial charge in [-0.2, -0.15) is 4.98 Å². The van der Waals surface area contributed by atoms with Crippen LogP contribution in [0.1, 0.15) is 11.5 Å². The summed E-state index contributed by atoms with van der Waals surface area (Å²) in [6, 6.07) is 10.7. The zero-order valence-electron chi connectivity index (χ0n) is 14.1. The molecular weight excluding hydrogens is 361 g/mol. The largest absolute Gasteiger partial charge is 0.495 e. The second-order valence-electron chi connectivity index (χ2n) is 5.50. The van der Waals surface area contributed by atoms with E-state index in [0.717, 1.165) is 23.3 Å². The first-order chi connectivity index (χ1) is 12.4. The van der Waals surface area contributed by atoms with Crippen molar-refractivity contribution >= 4 is 10.0 Å². The minimum absolute atomic E-state index is 0.0323. The van der Waals surface area contributed by atoms with E-state index in [1.807, 2.05) is 31.2 Å². The molecule has 0 aliphatic heterocycles. The Morgan fingerprint density at radius 1 is 1.23 bits per heavy atom. The molecule has 0 radical (unpaired) electrons. The summed E-state index contributed by atoms with van der Waals surface area (Å²) in [5.41, 5.74) is 1.79. The van der Waals surface area contributed by atoms with Crippen molar-refractivity contribution in [2.75, 3.05) is 7.11 Å². The van der Waals surface area contributed by atoms with Gasteiger partial charge in [-0.3, -0.25) is 0 Å². The molecule has 0 aliphatic rings. The van der Waals surface area contributed by atoms with Crippen molar-refractivity contribution in [1.82, 2.24) is 14.9 Å². The van der Waals surface area contributed by atoms with E-state index in [2.05, 4.69) is 14.9 Å². The van der Waals surface area contributed by atoms with Gasteiger partial charge in [-0.25, -0.2) is 17.5 Å². The van der Waals surface area contributed by atoms with Crippen LogP contribution in [0.4, 0.5) is 4.39 Å². The average Bonchev–Trinajstić information content (AvgIpc) is 3.09. The second-order valence-corrected chi connectivity index (χ2v) is 7.24. The van der Waals surface area contributed by atoms with Gasteiger partial charge in [-0.1, -0.05) is 28.9 Å². The number of rotatable bonds is 6. The van der Waals surface area contributed by atoms with Crippen LogP contribution in [0, 0.1) is 12.7 Å². The van der Waals surface area contributed by atoms with Crippen LogP contribution < -0.4 is 9.46 Å². The molecule has 136 valence electrons. The van der Waals surface area contributed by atoms with Crippen LogP contribution in [-0.2, 0) is 16.6 Å². The lowest BCUT2D eigenvalue weighted by atomic mass is 10.1. The van der Waals surface area contributed by atoms with Gasteiger partial charge in [0.05, 0.1) is 13.7 Å². The van der Waals surface area contributed by atoms with Crippen LogP contribution in [-0.4, -0.2) is 25.7 Å². The van der Waals surface area contributed by atoms with Crippen LogP contribution in [0.25, 0.3) is 11.4 Å². The van der Waals surface area contributed by atoms with Crippen LogP contribution in [0.5, 0.6) is 5.75 Å². The van der Waals surface area contributed by atoms with Crippen molar-refractivity contribution < 1.29 is 22.1 Å². The first-order valence-electron chi connectivity index (χ1n) is 7.62. The Balaban J connectivity index is 1.78. The Labute approximate surface area is 149 Å². The minimum atomic E-state index is -4.03. The fourth-order valence-corrected chi connectivity index (χ4v) is 3.48. The average molecular weight is 377 g/mol. The lowest BCUT2D eigenvalue weighted by molar-refractivity contribution is 0.375. The van der Waals surface area contributed by atoms with Crippen LogP contribution >= 0.6 is 0 Å². The molecule has 1 aromatic heterocycles. The molecule has 9 heteroatoms. The van der Waals surface area contributed by atoms with Gasteiger partial charge in [0.1, 0.15) is 16.5 Å². The first kappa shape index (κ1) is 18.0. The molecule has 7 nitrogen and oxygen atoms in total. The summed E-state index contributed by atoms with van der Waals surface area (Å²) in [5, 5.41) is 3.84. The van der Waals surface area contributed by atoms with Crippen molar-refractivity contribution in [2.45, 2.75) is 18.4 Å². The van der Waals surface area contributed by atoms with Gasteiger partial charge in [0.25, 0.3) is 0 Å². The Morgan fingerprint density at radius 2 is 2.04 bits per heavy atom. The van der Waals surface area contributed by atoms with E-state index in [1.54, 1.807) is 0 Å². The molecule has 3 rings (SSSR count). The Morgan fingerprint density at radius 3 is 2.77 bits per heavy atom. The SMILES string of the molecule is COc1ccc(F)cc1S(=O)(=O)NCc1nc(-c2cccc(C)c2)no1. The summed E-state index contributed by atoms with van der Waals surface area (Å²) in [6.45, 7) is 1.70. The smallest absolute Gasteiger partial charge is 0.244 e. The van der Waals surface area contributed by atoms with Crippen LogP contribution in [0.15, 0.2) is 51.9 Å². The van der Waals surface area contributed by atoms with Gasteiger partial charge in [0.15, 0.2) is 0 Å². The van der Waals surface area contributed by atoms with E-state index in [9.17, 15) is 12.8 Å². The highest BCUT2D eigenvalue weighted by atomic mass is 32.2. The van der Waals surface area contributed by atoms with Crippen molar-refractivity contribution in [2.24, 2.45) is 0 Å². The molecule has 0 bridgehead atoms. The molecular formula is C17H16FN3O4S. The maximum atomic E-state index is 13.4. The quantitative estimate of drug-likeness (QED) is 0.710. The van der Waals surface area contributed by atoms with E-state index in [4.69, 9.17) is 9.26 Å². The molecule has 3 aromatic rings. The van der Waals surface area contributed by atoms with Crippen molar-refractivity contribution in [3.8, 4) is 17.1 Å². The van der Waals surface area contributed by atoms with Gasteiger partial charge in [0, 0.05) is 5.56 Å². The summed E-state index contributed by atoms with van der Waals surface area (Å²) in [7, 11) is -2.72. The molecule has 0 atom stereocenters. The molecule has 0 spiro atoms. The number of nitrogens with one attached hydrogen (secondary N) is 1. The molecule has 0 fully saturated rings. The van der Waals surface area contributed by atoms with E-state index in [-0.39, 0.29) is 23.1 Å². The van der Waals surface area contributed by atoms with Crippen molar-refractivity contribution in [1.29, 1.82) is 0 Å². The zero-order valence-corrected chi connectivity index (χ0v) is 14.9. The predicted molar refractivity (Wildman–Crippen MR) is 91.4 cm³/mol. The Kier molecular flexibility index (Phi) is 5.01. The summed E-state index contributed by atoms with van der Waals surface area (Å²) in [4.78, 5) is 3.86. The van der Waals surface area contributed by atoms with Gasteiger partial charge >= 0.3 is 0 Å². The monoisotopic (exact) mass is 377 g/mol. The molecule has 0 unspecified atom stereocenters. The molecule has 0 saturated heterocycles. The first-order valence-corrected chi connectivity index (χ1v) is 9.10. The molecule has 0 amide bonds. The third-order valence-electron chi connectivity index (χ3n) is 3.57. The Hall–Kier alpha value is -2.78.